The molecule has 18 heavy (non-hydrogen) atoms. The number of nitrogens with one attached hydrogen (secondary N) is 2. The summed E-state index contributed by atoms with van der Waals surface area (Å²) >= 11 is 0. The van der Waals surface area contributed by atoms with Crippen LogP contribution in [0, 0.1) is 11.8 Å². The van der Waals surface area contributed by atoms with Gasteiger partial charge in [0.25, 0.3) is 5.91 Å². The molecule has 1 heterocycles. The summed E-state index contributed by atoms with van der Waals surface area (Å²) in [5, 5.41) is 3.07. The Morgan fingerprint density at radius 3 is 2.78 bits per heavy atom. The van der Waals surface area contributed by atoms with Crippen molar-refractivity contribution in [2.75, 3.05) is 0 Å². The smallest absolute Gasteiger partial charge is 0.252 e. The van der Waals surface area contributed by atoms with E-state index in [1.165, 1.54) is 25.1 Å². The molecule has 1 saturated carbocycles. The fraction of sp³-hybridized carbons (Fsp3) is 0.571. The Kier molecular flexibility index (Phi) is 3.84. The lowest BCUT2D eigenvalue weighted by molar-refractivity contribution is 0.0890. The lowest BCUT2D eigenvalue weighted by Crippen LogP contribution is -2.43. The first-order valence-corrected chi connectivity index (χ1v) is 6.57. The van der Waals surface area contributed by atoms with Gasteiger partial charge in [-0.1, -0.05) is 26.7 Å². The van der Waals surface area contributed by atoms with Gasteiger partial charge in [-0.15, -0.1) is 0 Å². The van der Waals surface area contributed by atoms with Gasteiger partial charge in [-0.3, -0.25) is 9.59 Å². The number of pyridine rings is 1. The van der Waals surface area contributed by atoms with E-state index in [0.717, 1.165) is 6.42 Å². The van der Waals surface area contributed by atoms with E-state index < -0.39 is 0 Å². The summed E-state index contributed by atoms with van der Waals surface area (Å²) in [6, 6.07) is 3.18. The SMILES string of the molecule is CC1CCCC(NC(=O)c2ccc(=O)[nH]c2)C1C. The van der Waals surface area contributed by atoms with Crippen molar-refractivity contribution in [1.29, 1.82) is 0 Å². The van der Waals surface area contributed by atoms with Crippen molar-refractivity contribution in [3.8, 4) is 0 Å². The zero-order valence-corrected chi connectivity index (χ0v) is 10.9. The van der Waals surface area contributed by atoms with Crippen molar-refractivity contribution in [1.82, 2.24) is 10.3 Å². The average Bonchev–Trinajstić information content (AvgIpc) is 2.36. The fourth-order valence-corrected chi connectivity index (χ4v) is 2.59. The predicted octanol–water partition coefficient (Wildman–Crippen LogP) is 1.93. The van der Waals surface area contributed by atoms with Crippen LogP contribution in [0.4, 0.5) is 0 Å². The second kappa shape index (κ2) is 5.38. The topological polar surface area (TPSA) is 62.0 Å². The van der Waals surface area contributed by atoms with Crippen molar-refractivity contribution in [3.05, 3.63) is 34.2 Å². The molecule has 1 aromatic rings. The van der Waals surface area contributed by atoms with Crippen LogP contribution in [0.1, 0.15) is 43.5 Å². The monoisotopic (exact) mass is 248 g/mol. The summed E-state index contributed by atoms with van der Waals surface area (Å²) in [7, 11) is 0. The van der Waals surface area contributed by atoms with E-state index in [4.69, 9.17) is 0 Å². The quantitative estimate of drug-likeness (QED) is 0.840. The summed E-state index contributed by atoms with van der Waals surface area (Å²) in [6.45, 7) is 4.44. The molecule has 1 amide bonds. The number of H-pyrrole nitrogens is 1. The number of aromatic amines is 1. The largest absolute Gasteiger partial charge is 0.349 e. The van der Waals surface area contributed by atoms with Crippen LogP contribution in [-0.4, -0.2) is 16.9 Å². The normalized spacial score (nSPS) is 27.8. The third kappa shape index (κ3) is 2.81. The molecule has 0 saturated heterocycles. The Morgan fingerprint density at radius 2 is 2.11 bits per heavy atom. The second-order valence-corrected chi connectivity index (χ2v) is 5.29. The van der Waals surface area contributed by atoms with Gasteiger partial charge < -0.3 is 10.3 Å². The van der Waals surface area contributed by atoms with Gasteiger partial charge in [0.05, 0.1) is 5.56 Å². The Morgan fingerprint density at radius 1 is 1.33 bits per heavy atom. The Bertz CT molecular complexity index is 460. The van der Waals surface area contributed by atoms with Gasteiger partial charge in [0.2, 0.25) is 5.56 Å². The van der Waals surface area contributed by atoms with Crippen molar-refractivity contribution >= 4 is 5.91 Å². The van der Waals surface area contributed by atoms with Crippen LogP contribution in [0.2, 0.25) is 0 Å². The zero-order valence-electron chi connectivity index (χ0n) is 10.9. The van der Waals surface area contributed by atoms with E-state index in [1.54, 1.807) is 6.07 Å². The van der Waals surface area contributed by atoms with Gasteiger partial charge >= 0.3 is 0 Å². The first-order valence-electron chi connectivity index (χ1n) is 6.57. The van der Waals surface area contributed by atoms with E-state index in [1.807, 2.05) is 0 Å². The summed E-state index contributed by atoms with van der Waals surface area (Å²) in [5.41, 5.74) is 0.325. The van der Waals surface area contributed by atoms with E-state index in [-0.39, 0.29) is 17.5 Å². The van der Waals surface area contributed by atoms with Crippen LogP contribution in [-0.2, 0) is 0 Å². The first-order chi connectivity index (χ1) is 8.58. The van der Waals surface area contributed by atoms with Crippen LogP contribution in [0.25, 0.3) is 0 Å². The number of hydrogen-bond donors (Lipinski definition) is 2. The van der Waals surface area contributed by atoms with E-state index in [0.29, 0.717) is 17.4 Å². The Balaban J connectivity index is 2.02. The number of carbonyl (C=O) groups is 1. The van der Waals surface area contributed by atoms with Crippen LogP contribution < -0.4 is 10.9 Å². The van der Waals surface area contributed by atoms with Gasteiger partial charge in [-0.2, -0.15) is 0 Å². The average molecular weight is 248 g/mol. The predicted molar refractivity (Wildman–Crippen MR) is 70.5 cm³/mol. The van der Waals surface area contributed by atoms with Crippen LogP contribution in [0.5, 0.6) is 0 Å². The van der Waals surface area contributed by atoms with Crippen molar-refractivity contribution in [2.24, 2.45) is 11.8 Å². The van der Waals surface area contributed by atoms with Gasteiger partial charge in [0, 0.05) is 18.3 Å². The number of amides is 1. The minimum Gasteiger partial charge on any atom is -0.349 e. The van der Waals surface area contributed by atoms with Gasteiger partial charge in [0.15, 0.2) is 0 Å². The lowest BCUT2D eigenvalue weighted by atomic mass is 9.78. The molecule has 2 rings (SSSR count). The van der Waals surface area contributed by atoms with Crippen LogP contribution in [0.3, 0.4) is 0 Å². The summed E-state index contributed by atoms with van der Waals surface area (Å²) in [6.07, 6.45) is 4.92. The molecule has 0 spiro atoms. The molecule has 98 valence electrons. The molecule has 0 aromatic carbocycles. The van der Waals surface area contributed by atoms with Crippen molar-refractivity contribution < 1.29 is 4.79 Å². The van der Waals surface area contributed by atoms with Gasteiger partial charge in [-0.05, 0) is 24.3 Å². The molecular formula is C14H20N2O2. The molecule has 3 unspecified atom stereocenters. The third-order valence-electron chi connectivity index (χ3n) is 4.07. The van der Waals surface area contributed by atoms with E-state index >= 15 is 0 Å². The molecule has 0 bridgehead atoms. The number of aromatic nitrogens is 1. The highest BCUT2D eigenvalue weighted by Gasteiger charge is 2.28. The van der Waals surface area contributed by atoms with Crippen molar-refractivity contribution in [2.45, 2.75) is 39.2 Å². The second-order valence-electron chi connectivity index (χ2n) is 5.29. The van der Waals surface area contributed by atoms with Crippen molar-refractivity contribution in [3.63, 3.8) is 0 Å². The molecule has 1 aliphatic carbocycles. The standard InChI is InChI=1S/C14H20N2O2/c1-9-4-3-5-12(10(9)2)16-14(18)11-6-7-13(17)15-8-11/h6-10,12H,3-5H2,1-2H3,(H,15,17)(H,16,18). The zero-order chi connectivity index (χ0) is 13.1. The lowest BCUT2D eigenvalue weighted by Gasteiger charge is -2.34. The minimum atomic E-state index is -0.189. The van der Waals surface area contributed by atoms with Crippen LogP contribution in [0.15, 0.2) is 23.1 Å². The molecule has 1 aliphatic rings. The molecule has 1 fully saturated rings. The number of hydrogen-bond acceptors (Lipinski definition) is 2. The minimum absolute atomic E-state index is 0.0998. The molecule has 4 heteroatoms. The highest BCUT2D eigenvalue weighted by molar-refractivity contribution is 5.94. The maximum atomic E-state index is 12.0. The first kappa shape index (κ1) is 12.9. The summed E-state index contributed by atoms with van der Waals surface area (Å²) in [5.74, 6) is 1.06. The third-order valence-corrected chi connectivity index (χ3v) is 4.07. The molecule has 1 aromatic heterocycles. The molecular weight excluding hydrogens is 228 g/mol. The highest BCUT2D eigenvalue weighted by atomic mass is 16.2. The fourth-order valence-electron chi connectivity index (χ4n) is 2.59. The Hall–Kier alpha value is -1.58. The molecule has 0 aliphatic heterocycles. The van der Waals surface area contributed by atoms with Crippen LogP contribution >= 0.6 is 0 Å². The number of carbonyl (C=O) groups excluding carboxylic acids is 1. The Labute approximate surface area is 107 Å². The molecule has 3 atom stereocenters. The molecule has 2 N–H and O–H groups in total. The highest BCUT2D eigenvalue weighted by Crippen LogP contribution is 2.29. The molecule has 0 radical (unpaired) electrons. The summed E-state index contributed by atoms with van der Waals surface area (Å²) in [4.78, 5) is 25.5. The maximum Gasteiger partial charge on any atom is 0.252 e. The summed E-state index contributed by atoms with van der Waals surface area (Å²) < 4.78 is 0. The maximum absolute atomic E-state index is 12.0. The van der Waals surface area contributed by atoms with Gasteiger partial charge in [-0.25, -0.2) is 0 Å². The number of rotatable bonds is 2. The van der Waals surface area contributed by atoms with E-state index in [9.17, 15) is 9.59 Å². The van der Waals surface area contributed by atoms with E-state index in [2.05, 4.69) is 24.1 Å². The molecule has 4 nitrogen and oxygen atoms in total. The van der Waals surface area contributed by atoms with Gasteiger partial charge in [0.1, 0.15) is 0 Å².